The summed E-state index contributed by atoms with van der Waals surface area (Å²) >= 11 is 0. The third-order valence-electron chi connectivity index (χ3n) is 6.07. The second-order valence-corrected chi connectivity index (χ2v) is 8.91. The number of carbonyl (C=O) groups excluding carboxylic acids is 2. The van der Waals surface area contributed by atoms with Gasteiger partial charge in [0.1, 0.15) is 11.6 Å². The van der Waals surface area contributed by atoms with Gasteiger partial charge in [0.25, 0.3) is 0 Å². The van der Waals surface area contributed by atoms with Crippen molar-refractivity contribution in [2.24, 2.45) is 0 Å². The molecule has 1 N–H and O–H groups in total. The van der Waals surface area contributed by atoms with E-state index in [-0.39, 0.29) is 24.1 Å². The number of amides is 1. The van der Waals surface area contributed by atoms with Crippen LogP contribution in [-0.4, -0.2) is 29.7 Å². The van der Waals surface area contributed by atoms with E-state index in [9.17, 15) is 14.0 Å². The summed E-state index contributed by atoms with van der Waals surface area (Å²) in [5, 5.41) is 3.95. The van der Waals surface area contributed by atoms with Crippen LogP contribution in [0.25, 0.3) is 16.5 Å². The first-order chi connectivity index (χ1) is 18.4. The highest BCUT2D eigenvalue weighted by Crippen LogP contribution is 2.26. The minimum atomic E-state index is -0.265. The fourth-order valence-electron chi connectivity index (χ4n) is 4.15. The number of para-hydroxylation sites is 2. The van der Waals surface area contributed by atoms with Crippen LogP contribution >= 0.6 is 0 Å². The topological polar surface area (TPSA) is 69.6 Å². The monoisotopic (exact) mass is 514 g/mol. The Hall–Kier alpha value is -4.39. The number of allylic oxidation sites excluding steroid dienone is 1. The maximum atomic E-state index is 13.2. The molecular formula is C31H31FN2O4. The number of benzene rings is 3. The van der Waals surface area contributed by atoms with Crippen LogP contribution in [0.4, 0.5) is 10.1 Å². The van der Waals surface area contributed by atoms with Gasteiger partial charge in [-0.3, -0.25) is 9.59 Å². The molecule has 3 aromatic carbocycles. The molecule has 0 aliphatic rings. The number of esters is 1. The number of ether oxygens (including phenoxy) is 2. The number of carbonyl (C=O) groups is 2. The number of fused-ring (bicyclic) bond motifs is 1. The van der Waals surface area contributed by atoms with Crippen LogP contribution in [0.1, 0.15) is 37.8 Å². The molecule has 38 heavy (non-hydrogen) atoms. The summed E-state index contributed by atoms with van der Waals surface area (Å²) in [6.45, 7) is 5.01. The lowest BCUT2D eigenvalue weighted by molar-refractivity contribution is -0.143. The zero-order valence-electron chi connectivity index (χ0n) is 21.6. The molecule has 0 radical (unpaired) electrons. The lowest BCUT2D eigenvalue weighted by Crippen LogP contribution is -2.11. The van der Waals surface area contributed by atoms with E-state index in [2.05, 4.69) is 16.0 Å². The highest BCUT2D eigenvalue weighted by atomic mass is 19.1. The van der Waals surface area contributed by atoms with Crippen LogP contribution in [0.3, 0.4) is 0 Å². The number of halogens is 1. The normalized spacial score (nSPS) is 11.4. The molecule has 0 fully saturated rings. The predicted octanol–water partition coefficient (Wildman–Crippen LogP) is 6.59. The summed E-state index contributed by atoms with van der Waals surface area (Å²) in [5.74, 6) is -0.219. The van der Waals surface area contributed by atoms with Gasteiger partial charge in [-0.25, -0.2) is 4.39 Å². The van der Waals surface area contributed by atoms with E-state index in [0.29, 0.717) is 37.6 Å². The smallest absolute Gasteiger partial charge is 0.305 e. The first kappa shape index (κ1) is 26.7. The van der Waals surface area contributed by atoms with E-state index in [1.165, 1.54) is 12.1 Å². The molecule has 0 aliphatic carbocycles. The Morgan fingerprint density at radius 1 is 1.03 bits per heavy atom. The molecule has 196 valence electrons. The third-order valence-corrected chi connectivity index (χ3v) is 6.07. The fraction of sp³-hybridized carbons (Fsp3) is 0.226. The van der Waals surface area contributed by atoms with Crippen LogP contribution < -0.4 is 10.1 Å². The first-order valence-corrected chi connectivity index (χ1v) is 12.6. The zero-order chi connectivity index (χ0) is 26.9. The molecule has 0 saturated heterocycles. The van der Waals surface area contributed by atoms with Gasteiger partial charge in [-0.05, 0) is 79.4 Å². The molecular weight excluding hydrogens is 483 g/mol. The van der Waals surface area contributed by atoms with E-state index in [1.54, 1.807) is 37.3 Å². The van der Waals surface area contributed by atoms with Crippen molar-refractivity contribution in [3.8, 4) is 5.75 Å². The van der Waals surface area contributed by atoms with Crippen LogP contribution in [0.2, 0.25) is 0 Å². The van der Waals surface area contributed by atoms with Gasteiger partial charge in [0.15, 0.2) is 0 Å². The number of nitrogens with one attached hydrogen (secondary N) is 1. The Kier molecular flexibility index (Phi) is 8.93. The van der Waals surface area contributed by atoms with Crippen molar-refractivity contribution in [1.29, 1.82) is 0 Å². The van der Waals surface area contributed by atoms with E-state index >= 15 is 0 Å². The predicted molar refractivity (Wildman–Crippen MR) is 148 cm³/mol. The molecule has 1 amide bonds. The van der Waals surface area contributed by atoms with E-state index in [0.717, 1.165) is 27.6 Å². The molecule has 0 unspecified atom stereocenters. The standard InChI is InChI=1S/C31H31FN2O4/c1-3-37-31(36)9-6-18-38-29-8-5-4-7-27(29)33-30(35)19-22(2)24-12-15-28-25(20-24)16-17-34(28)21-23-10-13-26(32)14-11-23/h4-5,7-8,10-17,19-20H,3,6,9,18,21H2,1-2H3,(H,33,35)/b22-19+. The second kappa shape index (κ2) is 12.7. The van der Waals surface area contributed by atoms with Crippen LogP contribution in [0.5, 0.6) is 5.75 Å². The molecule has 6 nitrogen and oxygen atoms in total. The molecule has 0 atom stereocenters. The Bertz CT molecular complexity index is 1440. The molecule has 1 aromatic heterocycles. The van der Waals surface area contributed by atoms with Crippen molar-refractivity contribution in [3.05, 3.63) is 102 Å². The molecule has 0 saturated carbocycles. The quantitative estimate of drug-likeness (QED) is 0.139. The molecule has 7 heteroatoms. The van der Waals surface area contributed by atoms with Gasteiger partial charge >= 0.3 is 5.97 Å². The van der Waals surface area contributed by atoms with E-state index < -0.39 is 0 Å². The van der Waals surface area contributed by atoms with Crippen LogP contribution in [-0.2, 0) is 20.9 Å². The minimum absolute atomic E-state index is 0.246. The van der Waals surface area contributed by atoms with Crippen molar-refractivity contribution in [3.63, 3.8) is 0 Å². The molecule has 0 spiro atoms. The SMILES string of the molecule is CCOC(=O)CCCOc1ccccc1NC(=O)/C=C(\C)c1ccc2c(ccn2Cc2ccc(F)cc2)c1. The maximum absolute atomic E-state index is 13.2. The second-order valence-electron chi connectivity index (χ2n) is 8.91. The highest BCUT2D eigenvalue weighted by Gasteiger charge is 2.09. The summed E-state index contributed by atoms with van der Waals surface area (Å²) in [7, 11) is 0. The van der Waals surface area contributed by atoms with E-state index in [1.807, 2.05) is 43.5 Å². The Morgan fingerprint density at radius 3 is 2.61 bits per heavy atom. The fourth-order valence-corrected chi connectivity index (χ4v) is 4.15. The number of anilines is 1. The third kappa shape index (κ3) is 7.09. The summed E-state index contributed by atoms with van der Waals surface area (Å²) in [6.07, 6.45) is 4.37. The average molecular weight is 515 g/mol. The van der Waals surface area contributed by atoms with Gasteiger partial charge in [0.05, 0.1) is 18.9 Å². The number of aromatic nitrogens is 1. The maximum Gasteiger partial charge on any atom is 0.305 e. The molecule has 0 aliphatic heterocycles. The van der Waals surface area contributed by atoms with Gasteiger partial charge < -0.3 is 19.4 Å². The Morgan fingerprint density at radius 2 is 1.82 bits per heavy atom. The average Bonchev–Trinajstić information content (AvgIpc) is 3.30. The van der Waals surface area contributed by atoms with Gasteiger partial charge in [-0.1, -0.05) is 30.3 Å². The van der Waals surface area contributed by atoms with Crippen LogP contribution in [0, 0.1) is 5.82 Å². The van der Waals surface area contributed by atoms with Crippen molar-refractivity contribution in [1.82, 2.24) is 4.57 Å². The highest BCUT2D eigenvalue weighted by molar-refractivity contribution is 6.04. The van der Waals surface area contributed by atoms with Gasteiger partial charge in [-0.2, -0.15) is 0 Å². The summed E-state index contributed by atoms with van der Waals surface area (Å²) in [6, 6.07) is 21.8. The number of nitrogens with zero attached hydrogens (tertiary/aromatic N) is 1. The molecule has 4 aromatic rings. The Labute approximate surface area is 221 Å². The molecule has 0 bridgehead atoms. The van der Waals surface area contributed by atoms with Crippen molar-refractivity contribution in [2.45, 2.75) is 33.2 Å². The lowest BCUT2D eigenvalue weighted by atomic mass is 10.0. The largest absolute Gasteiger partial charge is 0.491 e. The number of hydrogen-bond acceptors (Lipinski definition) is 4. The molecule has 1 heterocycles. The minimum Gasteiger partial charge on any atom is -0.491 e. The van der Waals surface area contributed by atoms with Crippen molar-refractivity contribution >= 4 is 34.0 Å². The lowest BCUT2D eigenvalue weighted by Gasteiger charge is -2.12. The van der Waals surface area contributed by atoms with Gasteiger partial charge in [0.2, 0.25) is 5.91 Å². The summed E-state index contributed by atoms with van der Waals surface area (Å²) < 4.78 is 26.0. The summed E-state index contributed by atoms with van der Waals surface area (Å²) in [5.41, 5.74) is 4.40. The van der Waals surface area contributed by atoms with Gasteiger partial charge in [0, 0.05) is 36.1 Å². The summed E-state index contributed by atoms with van der Waals surface area (Å²) in [4.78, 5) is 24.3. The van der Waals surface area contributed by atoms with Crippen molar-refractivity contribution < 1.29 is 23.5 Å². The number of hydrogen-bond donors (Lipinski definition) is 1. The first-order valence-electron chi connectivity index (χ1n) is 12.6. The van der Waals surface area contributed by atoms with Crippen LogP contribution in [0.15, 0.2) is 85.1 Å². The van der Waals surface area contributed by atoms with Gasteiger partial charge in [-0.15, -0.1) is 0 Å². The zero-order valence-corrected chi connectivity index (χ0v) is 21.6. The van der Waals surface area contributed by atoms with E-state index in [4.69, 9.17) is 9.47 Å². The number of rotatable bonds is 11. The molecule has 4 rings (SSSR count). The Balaban J connectivity index is 1.39. The van der Waals surface area contributed by atoms with Crippen molar-refractivity contribution in [2.75, 3.05) is 18.5 Å².